The van der Waals surface area contributed by atoms with E-state index in [1.54, 1.807) is 36.4 Å². The summed E-state index contributed by atoms with van der Waals surface area (Å²) in [6, 6.07) is 11.3. The smallest absolute Gasteiger partial charge is 0.261 e. The molecule has 25 heavy (non-hydrogen) atoms. The van der Waals surface area contributed by atoms with Gasteiger partial charge in [0, 0.05) is 6.54 Å². The second kappa shape index (κ2) is 8.80. The molecule has 1 aliphatic heterocycles. The Morgan fingerprint density at radius 2 is 1.96 bits per heavy atom. The highest BCUT2D eigenvalue weighted by Gasteiger charge is 2.22. The lowest BCUT2D eigenvalue weighted by Gasteiger charge is -2.22. The van der Waals surface area contributed by atoms with E-state index in [-0.39, 0.29) is 27.4 Å². The number of amides is 1. The van der Waals surface area contributed by atoms with Crippen LogP contribution < -0.4 is 10.6 Å². The lowest BCUT2D eigenvalue weighted by Crippen LogP contribution is -2.37. The minimum atomic E-state index is -3.56. The molecule has 2 heterocycles. The van der Waals surface area contributed by atoms with E-state index in [2.05, 4.69) is 10.6 Å². The zero-order chi connectivity index (χ0) is 17.0. The summed E-state index contributed by atoms with van der Waals surface area (Å²) in [5.74, 6) is 0.232. The summed E-state index contributed by atoms with van der Waals surface area (Å²) in [6.45, 7) is 2.57. The monoisotopic (exact) mass is 400 g/mol. The largest absolute Gasteiger partial charge is 0.351 e. The molecular formula is C17H21ClN2O3S2. The van der Waals surface area contributed by atoms with E-state index < -0.39 is 9.84 Å². The highest BCUT2D eigenvalue weighted by molar-refractivity contribution is 7.93. The van der Waals surface area contributed by atoms with Crippen LogP contribution in [0.5, 0.6) is 0 Å². The van der Waals surface area contributed by atoms with E-state index in [4.69, 9.17) is 0 Å². The molecule has 136 valence electrons. The molecule has 0 bridgehead atoms. The van der Waals surface area contributed by atoms with Gasteiger partial charge in [-0.25, -0.2) is 8.42 Å². The van der Waals surface area contributed by atoms with Crippen molar-refractivity contribution in [3.05, 3.63) is 47.3 Å². The van der Waals surface area contributed by atoms with Crippen LogP contribution in [0.1, 0.15) is 22.5 Å². The minimum absolute atomic E-state index is 0. The summed E-state index contributed by atoms with van der Waals surface area (Å²) in [5.41, 5.74) is 0. The van der Waals surface area contributed by atoms with E-state index in [0.29, 0.717) is 17.3 Å². The maximum Gasteiger partial charge on any atom is 0.261 e. The molecule has 0 radical (unpaired) electrons. The van der Waals surface area contributed by atoms with Crippen LogP contribution in [0, 0.1) is 5.92 Å². The van der Waals surface area contributed by atoms with E-state index in [1.165, 1.54) is 6.07 Å². The fraction of sp³-hybridized carbons (Fsp3) is 0.353. The third-order valence-corrected chi connectivity index (χ3v) is 7.42. The Bertz CT molecular complexity index is 800. The number of carbonyl (C=O) groups is 1. The Balaban J connectivity index is 0.00000225. The number of benzene rings is 1. The van der Waals surface area contributed by atoms with Crippen LogP contribution in [0.15, 0.2) is 51.6 Å². The van der Waals surface area contributed by atoms with Crippen molar-refractivity contribution < 1.29 is 13.2 Å². The average molecular weight is 401 g/mol. The van der Waals surface area contributed by atoms with Crippen molar-refractivity contribution >= 4 is 39.5 Å². The molecule has 1 aromatic heterocycles. The van der Waals surface area contributed by atoms with Crippen molar-refractivity contribution in [2.75, 3.05) is 19.6 Å². The van der Waals surface area contributed by atoms with Crippen LogP contribution >= 0.6 is 23.7 Å². The van der Waals surface area contributed by atoms with Gasteiger partial charge >= 0.3 is 0 Å². The number of hydrogen-bond acceptors (Lipinski definition) is 5. The van der Waals surface area contributed by atoms with Gasteiger partial charge in [0.05, 0.1) is 9.77 Å². The molecule has 0 spiro atoms. The van der Waals surface area contributed by atoms with E-state index in [9.17, 15) is 13.2 Å². The van der Waals surface area contributed by atoms with Gasteiger partial charge in [0.25, 0.3) is 5.91 Å². The Labute approximate surface area is 158 Å². The highest BCUT2D eigenvalue weighted by Crippen LogP contribution is 2.27. The van der Waals surface area contributed by atoms with Crippen molar-refractivity contribution in [3.8, 4) is 0 Å². The summed E-state index contributed by atoms with van der Waals surface area (Å²) < 4.78 is 25.3. The van der Waals surface area contributed by atoms with E-state index in [1.807, 2.05) is 0 Å². The van der Waals surface area contributed by atoms with Crippen LogP contribution in [0.4, 0.5) is 0 Å². The molecule has 0 aliphatic carbocycles. The summed E-state index contributed by atoms with van der Waals surface area (Å²) in [5, 5.41) is 6.22. The van der Waals surface area contributed by atoms with E-state index in [0.717, 1.165) is 37.3 Å². The first-order valence-electron chi connectivity index (χ1n) is 7.96. The van der Waals surface area contributed by atoms with Crippen LogP contribution in [0.25, 0.3) is 0 Å². The summed E-state index contributed by atoms with van der Waals surface area (Å²) in [4.78, 5) is 12.9. The van der Waals surface area contributed by atoms with Gasteiger partial charge in [-0.1, -0.05) is 18.2 Å². The molecule has 1 amide bonds. The Kier molecular flexibility index (Phi) is 7.01. The highest BCUT2D eigenvalue weighted by atomic mass is 35.5. The second-order valence-corrected chi connectivity index (χ2v) is 9.12. The maximum atomic E-state index is 12.5. The molecule has 3 rings (SSSR count). The first-order valence-corrected chi connectivity index (χ1v) is 10.3. The zero-order valence-electron chi connectivity index (χ0n) is 13.6. The molecule has 2 N–H and O–H groups in total. The normalized spacial score (nSPS) is 17.5. The average Bonchev–Trinajstić information content (AvgIpc) is 3.12. The molecule has 8 heteroatoms. The van der Waals surface area contributed by atoms with Crippen LogP contribution in [-0.2, 0) is 9.84 Å². The quantitative estimate of drug-likeness (QED) is 0.809. The SMILES string of the molecule is Cl.O=C(NCC1CCCNC1)c1ccc(S(=O)(=O)c2ccccc2)s1. The van der Waals surface area contributed by atoms with Gasteiger partial charge in [-0.05, 0) is 56.1 Å². The molecule has 2 aromatic rings. The van der Waals surface area contributed by atoms with Gasteiger partial charge in [0.15, 0.2) is 0 Å². The predicted molar refractivity (Wildman–Crippen MR) is 101 cm³/mol. The molecule has 1 unspecified atom stereocenters. The number of piperidine rings is 1. The number of sulfone groups is 1. The summed E-state index contributed by atoms with van der Waals surface area (Å²) >= 11 is 1.01. The van der Waals surface area contributed by atoms with Gasteiger partial charge in [-0.15, -0.1) is 23.7 Å². The van der Waals surface area contributed by atoms with Gasteiger partial charge in [0.2, 0.25) is 9.84 Å². The molecule has 1 aromatic carbocycles. The van der Waals surface area contributed by atoms with Gasteiger partial charge in [0.1, 0.15) is 4.21 Å². The van der Waals surface area contributed by atoms with Crippen LogP contribution in [0.3, 0.4) is 0 Å². The molecule has 1 aliphatic rings. The molecule has 0 saturated carbocycles. The second-order valence-electron chi connectivity index (χ2n) is 5.86. The Hall–Kier alpha value is -1.41. The fourth-order valence-electron chi connectivity index (χ4n) is 2.72. The standard InChI is InChI=1S/C17H20N2O3S2.ClH/c20-17(19-12-13-5-4-10-18-11-13)15-8-9-16(23-15)24(21,22)14-6-2-1-3-7-14;/h1-3,6-9,13,18H,4-5,10-12H2,(H,19,20);1H. The maximum absolute atomic E-state index is 12.5. The zero-order valence-corrected chi connectivity index (χ0v) is 16.1. The lowest BCUT2D eigenvalue weighted by molar-refractivity contribution is 0.0949. The topological polar surface area (TPSA) is 75.3 Å². The first-order chi connectivity index (χ1) is 11.6. The lowest BCUT2D eigenvalue weighted by atomic mass is 10.00. The number of rotatable bonds is 5. The van der Waals surface area contributed by atoms with Gasteiger partial charge in [-0.3, -0.25) is 4.79 Å². The fourth-order valence-corrected chi connectivity index (χ4v) is 5.37. The first kappa shape index (κ1) is 19.9. The summed E-state index contributed by atoms with van der Waals surface area (Å²) in [7, 11) is -3.56. The van der Waals surface area contributed by atoms with Crippen molar-refractivity contribution in [1.29, 1.82) is 0 Å². The number of thiophene rings is 1. The number of carbonyl (C=O) groups excluding carboxylic acids is 1. The van der Waals surface area contributed by atoms with Crippen LogP contribution in [0.2, 0.25) is 0 Å². The molecule has 5 nitrogen and oxygen atoms in total. The third kappa shape index (κ3) is 4.82. The minimum Gasteiger partial charge on any atom is -0.351 e. The molecule has 1 saturated heterocycles. The van der Waals surface area contributed by atoms with Crippen molar-refractivity contribution in [2.24, 2.45) is 5.92 Å². The van der Waals surface area contributed by atoms with Crippen molar-refractivity contribution in [3.63, 3.8) is 0 Å². The Morgan fingerprint density at radius 1 is 1.20 bits per heavy atom. The molecule has 1 atom stereocenters. The van der Waals surface area contributed by atoms with E-state index >= 15 is 0 Å². The number of hydrogen-bond donors (Lipinski definition) is 2. The number of halogens is 1. The number of nitrogens with one attached hydrogen (secondary N) is 2. The van der Waals surface area contributed by atoms with Gasteiger partial charge in [-0.2, -0.15) is 0 Å². The van der Waals surface area contributed by atoms with Crippen LogP contribution in [-0.4, -0.2) is 34.0 Å². The predicted octanol–water partition coefficient (Wildman–Crippen LogP) is 2.73. The molecule has 1 fully saturated rings. The molecular weight excluding hydrogens is 380 g/mol. The van der Waals surface area contributed by atoms with Crippen molar-refractivity contribution in [1.82, 2.24) is 10.6 Å². The summed E-state index contributed by atoms with van der Waals surface area (Å²) in [6.07, 6.45) is 2.23. The van der Waals surface area contributed by atoms with Crippen molar-refractivity contribution in [2.45, 2.75) is 21.9 Å². The third-order valence-electron chi connectivity index (χ3n) is 4.07. The van der Waals surface area contributed by atoms with Gasteiger partial charge < -0.3 is 10.6 Å². The Morgan fingerprint density at radius 3 is 2.64 bits per heavy atom.